The van der Waals surface area contributed by atoms with Crippen LogP contribution in [0.5, 0.6) is 0 Å². The van der Waals surface area contributed by atoms with Gasteiger partial charge in [0.1, 0.15) is 12.4 Å². The molecular formula is C21H18FN3O2. The molecule has 0 unspecified atom stereocenters. The van der Waals surface area contributed by atoms with Crippen LogP contribution in [-0.4, -0.2) is 22.0 Å². The van der Waals surface area contributed by atoms with E-state index in [4.69, 9.17) is 0 Å². The van der Waals surface area contributed by atoms with Crippen molar-refractivity contribution >= 4 is 27.7 Å². The number of pyridine rings is 1. The zero-order valence-corrected chi connectivity index (χ0v) is 14.5. The van der Waals surface area contributed by atoms with Crippen LogP contribution in [0, 0.1) is 5.82 Å². The minimum Gasteiger partial charge on any atom is -0.361 e. The van der Waals surface area contributed by atoms with E-state index in [1.54, 1.807) is 29.0 Å². The Bertz CT molecular complexity index is 1190. The van der Waals surface area contributed by atoms with E-state index in [0.717, 1.165) is 22.0 Å². The summed E-state index contributed by atoms with van der Waals surface area (Å²) in [5.41, 5.74) is 2.45. The Labute approximate surface area is 154 Å². The Balaban J connectivity index is 1.42. The van der Waals surface area contributed by atoms with Gasteiger partial charge in [0.15, 0.2) is 5.43 Å². The third-order valence-corrected chi connectivity index (χ3v) is 4.64. The maximum absolute atomic E-state index is 13.2. The van der Waals surface area contributed by atoms with E-state index in [2.05, 4.69) is 10.3 Å². The van der Waals surface area contributed by atoms with Crippen LogP contribution < -0.4 is 10.7 Å². The van der Waals surface area contributed by atoms with Crippen LogP contribution in [0.2, 0.25) is 0 Å². The number of aromatic amines is 1. The smallest absolute Gasteiger partial charge is 0.239 e. The second-order valence-electron chi connectivity index (χ2n) is 6.43. The molecule has 2 N–H and O–H groups in total. The highest BCUT2D eigenvalue weighted by atomic mass is 19.1. The maximum Gasteiger partial charge on any atom is 0.239 e. The van der Waals surface area contributed by atoms with Crippen LogP contribution >= 0.6 is 0 Å². The van der Waals surface area contributed by atoms with E-state index in [9.17, 15) is 14.0 Å². The Morgan fingerprint density at radius 1 is 1.11 bits per heavy atom. The molecule has 6 heteroatoms. The molecule has 0 bridgehead atoms. The molecule has 0 aliphatic rings. The molecule has 4 rings (SSSR count). The second kappa shape index (κ2) is 7.07. The third-order valence-electron chi connectivity index (χ3n) is 4.64. The van der Waals surface area contributed by atoms with Crippen molar-refractivity contribution < 1.29 is 9.18 Å². The molecule has 0 spiro atoms. The first-order chi connectivity index (χ1) is 13.1. The van der Waals surface area contributed by atoms with Crippen molar-refractivity contribution in [2.75, 3.05) is 6.54 Å². The number of benzene rings is 2. The number of amides is 1. The van der Waals surface area contributed by atoms with Gasteiger partial charge in [0.25, 0.3) is 0 Å². The van der Waals surface area contributed by atoms with Crippen molar-refractivity contribution in [3.05, 3.63) is 82.5 Å². The predicted octanol–water partition coefficient (Wildman–Crippen LogP) is 2.98. The van der Waals surface area contributed by atoms with Gasteiger partial charge in [-0.3, -0.25) is 9.59 Å². The molecule has 27 heavy (non-hydrogen) atoms. The van der Waals surface area contributed by atoms with Crippen LogP contribution in [0.3, 0.4) is 0 Å². The van der Waals surface area contributed by atoms with E-state index >= 15 is 0 Å². The number of hydrogen-bond acceptors (Lipinski definition) is 2. The van der Waals surface area contributed by atoms with Crippen LogP contribution in [0.15, 0.2) is 65.7 Å². The van der Waals surface area contributed by atoms with Gasteiger partial charge in [-0.15, -0.1) is 0 Å². The summed E-state index contributed by atoms with van der Waals surface area (Å²) in [4.78, 5) is 27.3. The Morgan fingerprint density at radius 3 is 2.85 bits per heavy atom. The average Bonchev–Trinajstić information content (AvgIpc) is 3.06. The van der Waals surface area contributed by atoms with E-state index in [-0.39, 0.29) is 23.7 Å². The highest BCUT2D eigenvalue weighted by Gasteiger charge is 2.08. The van der Waals surface area contributed by atoms with Crippen molar-refractivity contribution in [3.8, 4) is 0 Å². The highest BCUT2D eigenvalue weighted by Crippen LogP contribution is 2.19. The van der Waals surface area contributed by atoms with Gasteiger partial charge in [-0.05, 0) is 42.3 Å². The lowest BCUT2D eigenvalue weighted by molar-refractivity contribution is -0.121. The molecule has 0 fully saturated rings. The van der Waals surface area contributed by atoms with E-state index in [1.165, 1.54) is 18.2 Å². The molecule has 136 valence electrons. The molecule has 4 aromatic rings. The first-order valence-corrected chi connectivity index (χ1v) is 8.72. The number of rotatable bonds is 5. The number of fused-ring (bicyclic) bond motifs is 2. The summed E-state index contributed by atoms with van der Waals surface area (Å²) in [6.45, 7) is 0.612. The van der Waals surface area contributed by atoms with Gasteiger partial charge in [0.2, 0.25) is 5.91 Å². The quantitative estimate of drug-likeness (QED) is 0.572. The highest BCUT2D eigenvalue weighted by molar-refractivity contribution is 5.84. The zero-order chi connectivity index (χ0) is 18.8. The molecule has 0 atom stereocenters. The molecule has 0 radical (unpaired) electrons. The van der Waals surface area contributed by atoms with Crippen LogP contribution in [-0.2, 0) is 17.8 Å². The zero-order valence-electron chi connectivity index (χ0n) is 14.5. The lowest BCUT2D eigenvalue weighted by Gasteiger charge is -2.11. The van der Waals surface area contributed by atoms with Crippen LogP contribution in [0.4, 0.5) is 4.39 Å². The topological polar surface area (TPSA) is 66.9 Å². The molecule has 0 aliphatic carbocycles. The van der Waals surface area contributed by atoms with Gasteiger partial charge in [0.05, 0.1) is 5.52 Å². The number of halogens is 1. The number of carbonyl (C=O) groups excluding carboxylic acids is 1. The molecule has 2 aromatic heterocycles. The normalized spacial score (nSPS) is 11.1. The third kappa shape index (κ3) is 3.46. The fourth-order valence-electron chi connectivity index (χ4n) is 3.31. The van der Waals surface area contributed by atoms with Gasteiger partial charge in [-0.25, -0.2) is 4.39 Å². The number of aromatic nitrogens is 2. The molecular weight excluding hydrogens is 345 g/mol. The van der Waals surface area contributed by atoms with E-state index in [0.29, 0.717) is 18.4 Å². The second-order valence-corrected chi connectivity index (χ2v) is 6.43. The molecule has 0 saturated carbocycles. The monoisotopic (exact) mass is 363 g/mol. The first kappa shape index (κ1) is 17.0. The Hall–Kier alpha value is -3.41. The van der Waals surface area contributed by atoms with Gasteiger partial charge in [-0.1, -0.05) is 12.1 Å². The summed E-state index contributed by atoms with van der Waals surface area (Å²) in [6, 6.07) is 13.3. The Morgan fingerprint density at radius 2 is 1.96 bits per heavy atom. The van der Waals surface area contributed by atoms with Gasteiger partial charge < -0.3 is 14.9 Å². The van der Waals surface area contributed by atoms with Crippen molar-refractivity contribution in [3.63, 3.8) is 0 Å². The molecule has 1 amide bonds. The van der Waals surface area contributed by atoms with Gasteiger partial charge in [0, 0.05) is 41.3 Å². The standard InChI is InChI=1S/C21H18FN3O2/c22-15-5-6-16-14(12-24-18(16)11-15)7-9-23-21(27)13-25-10-8-20(26)17-3-1-2-4-19(17)25/h1-6,8,10-12,24H,7,9,13H2,(H,23,27). The fourth-order valence-corrected chi connectivity index (χ4v) is 3.31. The maximum atomic E-state index is 13.2. The van der Waals surface area contributed by atoms with E-state index in [1.807, 2.05) is 18.3 Å². The number of nitrogens with zero attached hydrogens (tertiary/aromatic N) is 1. The summed E-state index contributed by atoms with van der Waals surface area (Å²) in [5.74, 6) is -0.410. The van der Waals surface area contributed by atoms with Gasteiger partial charge in [-0.2, -0.15) is 0 Å². The first-order valence-electron chi connectivity index (χ1n) is 8.72. The van der Waals surface area contributed by atoms with Crippen molar-refractivity contribution in [1.82, 2.24) is 14.9 Å². The summed E-state index contributed by atoms with van der Waals surface area (Å²) in [5, 5.41) is 4.45. The molecule has 5 nitrogen and oxygen atoms in total. The Kier molecular flexibility index (Phi) is 4.46. The summed E-state index contributed by atoms with van der Waals surface area (Å²) in [6.07, 6.45) is 4.12. The summed E-state index contributed by atoms with van der Waals surface area (Å²) >= 11 is 0. The number of para-hydroxylation sites is 1. The molecule has 0 aliphatic heterocycles. The minimum atomic E-state index is -0.280. The van der Waals surface area contributed by atoms with Gasteiger partial charge >= 0.3 is 0 Å². The summed E-state index contributed by atoms with van der Waals surface area (Å²) < 4.78 is 15.0. The van der Waals surface area contributed by atoms with E-state index < -0.39 is 0 Å². The van der Waals surface area contributed by atoms with Crippen LogP contribution in [0.1, 0.15) is 5.56 Å². The predicted molar refractivity (Wildman–Crippen MR) is 103 cm³/mol. The SMILES string of the molecule is O=C(Cn1ccc(=O)c2ccccc21)NCCc1c[nH]c2cc(F)ccc12. The average molecular weight is 363 g/mol. The lowest BCUT2D eigenvalue weighted by Crippen LogP contribution is -2.29. The largest absolute Gasteiger partial charge is 0.361 e. The lowest BCUT2D eigenvalue weighted by atomic mass is 10.1. The number of carbonyl (C=O) groups is 1. The molecule has 0 saturated heterocycles. The van der Waals surface area contributed by atoms with Crippen molar-refractivity contribution in [1.29, 1.82) is 0 Å². The number of H-pyrrole nitrogens is 1. The van der Waals surface area contributed by atoms with Crippen molar-refractivity contribution in [2.24, 2.45) is 0 Å². The number of nitrogens with one attached hydrogen (secondary N) is 2. The molecule has 2 aromatic carbocycles. The van der Waals surface area contributed by atoms with Crippen LogP contribution in [0.25, 0.3) is 21.8 Å². The number of hydrogen-bond donors (Lipinski definition) is 2. The molecule has 2 heterocycles. The fraction of sp³-hybridized carbons (Fsp3) is 0.143. The summed E-state index contributed by atoms with van der Waals surface area (Å²) in [7, 11) is 0. The van der Waals surface area contributed by atoms with Crippen molar-refractivity contribution in [2.45, 2.75) is 13.0 Å². The minimum absolute atomic E-state index is 0.0574.